The van der Waals surface area contributed by atoms with E-state index < -0.39 is 0 Å². The Bertz CT molecular complexity index is 354. The molecular formula is C9H7NS2. The summed E-state index contributed by atoms with van der Waals surface area (Å²) in [5, 5.41) is 8.72. The number of benzene rings is 1. The fourth-order valence-electron chi connectivity index (χ4n) is 1.11. The fourth-order valence-corrected chi connectivity index (χ4v) is 3.54. The Balaban J connectivity index is 2.37. The highest BCUT2D eigenvalue weighted by Crippen LogP contribution is 2.47. The number of hydrogen-bond donors (Lipinski definition) is 0. The van der Waals surface area contributed by atoms with Gasteiger partial charge in [0, 0.05) is 9.79 Å². The zero-order valence-electron chi connectivity index (χ0n) is 6.57. The van der Waals surface area contributed by atoms with Crippen molar-refractivity contribution in [3.63, 3.8) is 0 Å². The Hall–Kier alpha value is -0.590. The summed E-state index contributed by atoms with van der Waals surface area (Å²) in [6.45, 7) is 2.07. The van der Waals surface area contributed by atoms with Gasteiger partial charge in [0.05, 0.1) is 6.07 Å². The van der Waals surface area contributed by atoms with Crippen molar-refractivity contribution < 1.29 is 0 Å². The van der Waals surface area contributed by atoms with Crippen molar-refractivity contribution in [1.82, 2.24) is 0 Å². The lowest BCUT2D eigenvalue weighted by atomic mass is 10.2. The van der Waals surface area contributed by atoms with Crippen LogP contribution in [0.25, 0.3) is 0 Å². The molecule has 0 amide bonds. The summed E-state index contributed by atoms with van der Waals surface area (Å²) in [5.41, 5.74) is 1.26. The third kappa shape index (κ3) is 1.33. The van der Waals surface area contributed by atoms with E-state index in [0.29, 0.717) is 0 Å². The number of rotatable bonds is 0. The number of nitrogens with zero attached hydrogens (tertiary/aromatic N) is 1. The van der Waals surface area contributed by atoms with Crippen molar-refractivity contribution in [3.05, 3.63) is 23.8 Å². The summed E-state index contributed by atoms with van der Waals surface area (Å²) < 4.78 is 0.0572. The lowest BCUT2D eigenvalue weighted by Crippen LogP contribution is -1.80. The molecule has 1 atom stereocenters. The topological polar surface area (TPSA) is 23.8 Å². The van der Waals surface area contributed by atoms with Crippen LogP contribution in [-0.2, 0) is 0 Å². The van der Waals surface area contributed by atoms with Crippen LogP contribution in [0.1, 0.15) is 5.56 Å². The standard InChI is InChI=1S/C9H7NS2/c1-6-2-3-7-8(4-6)12-9(5-10)11-7/h2-4,9H,1H3. The smallest absolute Gasteiger partial charge is 0.146 e. The number of fused-ring (bicyclic) bond motifs is 1. The summed E-state index contributed by atoms with van der Waals surface area (Å²) in [6.07, 6.45) is 0. The predicted octanol–water partition coefficient (Wildman–Crippen LogP) is 3.04. The van der Waals surface area contributed by atoms with E-state index in [-0.39, 0.29) is 4.58 Å². The number of thioether (sulfide) groups is 2. The van der Waals surface area contributed by atoms with Gasteiger partial charge in [-0.15, -0.1) is 0 Å². The van der Waals surface area contributed by atoms with Crippen molar-refractivity contribution in [2.24, 2.45) is 0 Å². The SMILES string of the molecule is Cc1ccc2c(c1)SC(C#N)S2. The molecule has 60 valence electrons. The first kappa shape index (κ1) is 8.03. The van der Waals surface area contributed by atoms with Gasteiger partial charge in [0.15, 0.2) is 0 Å². The van der Waals surface area contributed by atoms with Crippen LogP contribution in [-0.4, -0.2) is 4.58 Å². The summed E-state index contributed by atoms with van der Waals surface area (Å²) in [4.78, 5) is 2.50. The lowest BCUT2D eigenvalue weighted by molar-refractivity contribution is 1.23. The molecule has 0 fully saturated rings. The van der Waals surface area contributed by atoms with Gasteiger partial charge in [-0.25, -0.2) is 0 Å². The molecule has 0 spiro atoms. The van der Waals surface area contributed by atoms with Gasteiger partial charge >= 0.3 is 0 Å². The first-order chi connectivity index (χ1) is 5.79. The molecule has 3 heteroatoms. The van der Waals surface area contributed by atoms with Gasteiger partial charge in [-0.1, -0.05) is 29.6 Å². The molecule has 0 radical (unpaired) electrons. The zero-order valence-corrected chi connectivity index (χ0v) is 8.21. The van der Waals surface area contributed by atoms with Crippen LogP contribution in [0.3, 0.4) is 0 Å². The van der Waals surface area contributed by atoms with Crippen LogP contribution >= 0.6 is 23.5 Å². The maximum absolute atomic E-state index is 8.72. The van der Waals surface area contributed by atoms with Crippen molar-refractivity contribution in [2.45, 2.75) is 21.3 Å². The summed E-state index contributed by atoms with van der Waals surface area (Å²) in [7, 11) is 0. The largest absolute Gasteiger partial charge is 0.196 e. The lowest BCUT2D eigenvalue weighted by Gasteiger charge is -1.95. The van der Waals surface area contributed by atoms with Crippen LogP contribution in [0, 0.1) is 18.3 Å². The first-order valence-corrected chi connectivity index (χ1v) is 5.39. The summed E-state index contributed by atoms with van der Waals surface area (Å²) in [5.74, 6) is 0. The Morgan fingerprint density at radius 1 is 1.33 bits per heavy atom. The molecule has 1 unspecified atom stereocenters. The average molecular weight is 193 g/mol. The highest BCUT2D eigenvalue weighted by atomic mass is 32.2. The molecule has 2 rings (SSSR count). The quantitative estimate of drug-likeness (QED) is 0.632. The maximum Gasteiger partial charge on any atom is 0.146 e. The van der Waals surface area contributed by atoms with Crippen molar-refractivity contribution in [3.8, 4) is 6.07 Å². The normalized spacial score (nSPS) is 20.2. The third-order valence-electron chi connectivity index (χ3n) is 1.67. The minimum atomic E-state index is 0.0572. The molecule has 1 aliphatic rings. The van der Waals surface area contributed by atoms with E-state index in [1.165, 1.54) is 15.4 Å². The molecule has 0 aromatic heterocycles. The van der Waals surface area contributed by atoms with Gasteiger partial charge in [-0.3, -0.25) is 0 Å². The Morgan fingerprint density at radius 3 is 2.83 bits per heavy atom. The molecule has 1 heterocycles. The molecule has 12 heavy (non-hydrogen) atoms. The van der Waals surface area contributed by atoms with Gasteiger partial charge in [-0.2, -0.15) is 5.26 Å². The van der Waals surface area contributed by atoms with E-state index in [1.807, 2.05) is 0 Å². The van der Waals surface area contributed by atoms with Gasteiger partial charge < -0.3 is 0 Å². The van der Waals surface area contributed by atoms with E-state index in [1.54, 1.807) is 23.5 Å². The van der Waals surface area contributed by atoms with Crippen LogP contribution in [0.15, 0.2) is 28.0 Å². The average Bonchev–Trinajstić information content (AvgIpc) is 2.46. The molecule has 1 aliphatic heterocycles. The van der Waals surface area contributed by atoms with E-state index in [4.69, 9.17) is 5.26 Å². The highest BCUT2D eigenvalue weighted by Gasteiger charge is 2.22. The van der Waals surface area contributed by atoms with Crippen molar-refractivity contribution in [2.75, 3.05) is 0 Å². The minimum Gasteiger partial charge on any atom is -0.196 e. The molecule has 0 bridgehead atoms. The molecular weight excluding hydrogens is 186 g/mol. The summed E-state index contributed by atoms with van der Waals surface area (Å²) >= 11 is 3.30. The van der Waals surface area contributed by atoms with Gasteiger partial charge in [0.1, 0.15) is 4.58 Å². The molecule has 0 aliphatic carbocycles. The second-order valence-corrected chi connectivity index (χ2v) is 5.24. The van der Waals surface area contributed by atoms with Crippen LogP contribution in [0.2, 0.25) is 0 Å². The molecule has 1 nitrogen and oxygen atoms in total. The molecule has 0 saturated carbocycles. The van der Waals surface area contributed by atoms with Crippen molar-refractivity contribution in [1.29, 1.82) is 5.26 Å². The second kappa shape index (κ2) is 3.04. The Labute approximate surface area is 80.2 Å². The van der Waals surface area contributed by atoms with E-state index >= 15 is 0 Å². The van der Waals surface area contributed by atoms with Crippen LogP contribution in [0.5, 0.6) is 0 Å². The van der Waals surface area contributed by atoms with Gasteiger partial charge in [-0.05, 0) is 24.6 Å². The van der Waals surface area contributed by atoms with Gasteiger partial charge in [0.25, 0.3) is 0 Å². The molecule has 1 aromatic rings. The van der Waals surface area contributed by atoms with Crippen LogP contribution in [0.4, 0.5) is 0 Å². The monoisotopic (exact) mass is 193 g/mol. The fraction of sp³-hybridized carbons (Fsp3) is 0.222. The molecule has 0 saturated heterocycles. The Morgan fingerprint density at radius 2 is 2.08 bits per heavy atom. The minimum absolute atomic E-state index is 0.0572. The van der Waals surface area contributed by atoms with Crippen molar-refractivity contribution >= 4 is 23.5 Å². The summed E-state index contributed by atoms with van der Waals surface area (Å²) in [6, 6.07) is 8.59. The first-order valence-electron chi connectivity index (χ1n) is 3.63. The highest BCUT2D eigenvalue weighted by molar-refractivity contribution is 8.19. The van der Waals surface area contributed by atoms with E-state index in [9.17, 15) is 0 Å². The van der Waals surface area contributed by atoms with E-state index in [0.717, 1.165) is 0 Å². The molecule has 0 N–H and O–H groups in total. The maximum atomic E-state index is 8.72. The number of aryl methyl sites for hydroxylation is 1. The van der Waals surface area contributed by atoms with E-state index in [2.05, 4.69) is 31.2 Å². The zero-order chi connectivity index (χ0) is 8.55. The molecule has 1 aromatic carbocycles. The predicted molar refractivity (Wildman–Crippen MR) is 52.3 cm³/mol. The van der Waals surface area contributed by atoms with Gasteiger partial charge in [0.2, 0.25) is 0 Å². The number of hydrogen-bond acceptors (Lipinski definition) is 3. The third-order valence-corrected chi connectivity index (χ3v) is 4.22. The second-order valence-electron chi connectivity index (χ2n) is 2.65. The van der Waals surface area contributed by atoms with Crippen LogP contribution < -0.4 is 0 Å². The Kier molecular flexibility index (Phi) is 2.03. The number of nitriles is 1.